The first-order valence-electron chi connectivity index (χ1n) is 5.83. The molecule has 18 heavy (non-hydrogen) atoms. The first-order chi connectivity index (χ1) is 8.65. The molecule has 2 rings (SSSR count). The normalized spacial score (nSPS) is 10.7. The van der Waals surface area contributed by atoms with E-state index in [9.17, 15) is 4.79 Å². The zero-order chi connectivity index (χ0) is 13.1. The van der Waals surface area contributed by atoms with Gasteiger partial charge >= 0.3 is 0 Å². The summed E-state index contributed by atoms with van der Waals surface area (Å²) < 4.78 is 7.19. The Hall–Kier alpha value is -2.10. The molecule has 1 aromatic carbocycles. The molecular weight excluding hydrogens is 228 g/mol. The molecule has 4 heteroatoms. The number of carbonyl (C=O) groups excluding carboxylic acids is 1. The molecule has 0 amide bonds. The van der Waals surface area contributed by atoms with Gasteiger partial charge in [-0.15, -0.1) is 0 Å². The third-order valence-corrected chi connectivity index (χ3v) is 2.80. The summed E-state index contributed by atoms with van der Waals surface area (Å²) in [6.07, 6.45) is 4.57. The third-order valence-electron chi connectivity index (χ3n) is 2.80. The lowest BCUT2D eigenvalue weighted by atomic mass is 10.1. The molecule has 0 aliphatic rings. The van der Waals surface area contributed by atoms with Gasteiger partial charge in [0.25, 0.3) is 0 Å². The van der Waals surface area contributed by atoms with Crippen molar-refractivity contribution in [3.8, 4) is 16.9 Å². The van der Waals surface area contributed by atoms with Crippen molar-refractivity contribution in [1.82, 2.24) is 9.78 Å². The fraction of sp³-hybridized carbons (Fsp3) is 0.286. The van der Waals surface area contributed by atoms with Gasteiger partial charge in [-0.2, -0.15) is 5.10 Å². The Kier molecular flexibility index (Phi) is 3.46. The minimum Gasteiger partial charge on any atom is -0.496 e. The molecule has 0 bridgehead atoms. The largest absolute Gasteiger partial charge is 0.496 e. The number of methoxy groups -OCH3 is 1. The highest BCUT2D eigenvalue weighted by atomic mass is 16.5. The second kappa shape index (κ2) is 5.04. The molecule has 4 nitrogen and oxygen atoms in total. The zero-order valence-electron chi connectivity index (χ0n) is 10.8. The summed E-state index contributed by atoms with van der Waals surface area (Å²) in [4.78, 5) is 10.8. The van der Waals surface area contributed by atoms with E-state index in [4.69, 9.17) is 4.74 Å². The van der Waals surface area contributed by atoms with Gasteiger partial charge < -0.3 is 4.74 Å². The number of carbonyl (C=O) groups is 1. The summed E-state index contributed by atoms with van der Waals surface area (Å²) >= 11 is 0. The van der Waals surface area contributed by atoms with Crippen LogP contribution < -0.4 is 4.74 Å². The van der Waals surface area contributed by atoms with Crippen LogP contribution in [0.15, 0.2) is 30.6 Å². The summed E-state index contributed by atoms with van der Waals surface area (Å²) in [5.41, 5.74) is 2.46. The van der Waals surface area contributed by atoms with E-state index in [0.29, 0.717) is 11.6 Å². The van der Waals surface area contributed by atoms with Crippen molar-refractivity contribution in [2.45, 2.75) is 19.9 Å². The fourth-order valence-corrected chi connectivity index (χ4v) is 1.78. The molecule has 0 saturated heterocycles. The van der Waals surface area contributed by atoms with Crippen molar-refractivity contribution in [3.05, 3.63) is 36.2 Å². The molecule has 0 unspecified atom stereocenters. The van der Waals surface area contributed by atoms with Crippen LogP contribution in [0.2, 0.25) is 0 Å². The second-order valence-corrected chi connectivity index (χ2v) is 4.38. The fourth-order valence-electron chi connectivity index (χ4n) is 1.78. The van der Waals surface area contributed by atoms with Crippen molar-refractivity contribution in [2.24, 2.45) is 0 Å². The van der Waals surface area contributed by atoms with Crippen molar-refractivity contribution >= 4 is 6.29 Å². The molecule has 0 saturated carbocycles. The first-order valence-corrected chi connectivity index (χ1v) is 5.83. The van der Waals surface area contributed by atoms with Crippen LogP contribution in [0.5, 0.6) is 5.75 Å². The predicted octanol–water partition coefficient (Wildman–Crippen LogP) is 2.95. The summed E-state index contributed by atoms with van der Waals surface area (Å²) in [6, 6.07) is 5.65. The Balaban J connectivity index is 2.50. The molecular formula is C14H16N2O2. The lowest BCUT2D eigenvalue weighted by molar-refractivity contribution is 0.112. The van der Waals surface area contributed by atoms with Gasteiger partial charge in [0.2, 0.25) is 0 Å². The van der Waals surface area contributed by atoms with E-state index in [0.717, 1.165) is 23.2 Å². The Labute approximate surface area is 106 Å². The van der Waals surface area contributed by atoms with E-state index in [1.54, 1.807) is 25.4 Å². The van der Waals surface area contributed by atoms with E-state index < -0.39 is 0 Å². The Morgan fingerprint density at radius 2 is 2.17 bits per heavy atom. The zero-order valence-corrected chi connectivity index (χ0v) is 10.8. The van der Waals surface area contributed by atoms with Crippen LogP contribution in [0.1, 0.15) is 30.2 Å². The van der Waals surface area contributed by atoms with Crippen LogP contribution in [-0.4, -0.2) is 23.2 Å². The van der Waals surface area contributed by atoms with Crippen LogP contribution in [0.3, 0.4) is 0 Å². The van der Waals surface area contributed by atoms with E-state index in [-0.39, 0.29) is 0 Å². The Morgan fingerprint density at radius 1 is 1.39 bits per heavy atom. The highest BCUT2D eigenvalue weighted by Gasteiger charge is 2.10. The number of aromatic nitrogens is 2. The molecule has 1 heterocycles. The minimum absolute atomic E-state index is 0.305. The Morgan fingerprint density at radius 3 is 2.72 bits per heavy atom. The predicted molar refractivity (Wildman–Crippen MR) is 70.0 cm³/mol. The Bertz CT molecular complexity index is 559. The van der Waals surface area contributed by atoms with Gasteiger partial charge in [-0.25, -0.2) is 0 Å². The second-order valence-electron chi connectivity index (χ2n) is 4.38. The van der Waals surface area contributed by atoms with E-state index in [1.807, 2.05) is 16.9 Å². The monoisotopic (exact) mass is 244 g/mol. The molecule has 0 spiro atoms. The molecule has 2 aromatic rings. The maximum Gasteiger partial charge on any atom is 0.150 e. The smallest absolute Gasteiger partial charge is 0.150 e. The number of nitrogens with zero attached hydrogens (tertiary/aromatic N) is 2. The number of aldehydes is 1. The molecule has 0 aliphatic carbocycles. The molecule has 0 fully saturated rings. The average Bonchev–Trinajstić information content (AvgIpc) is 2.87. The number of ether oxygens (including phenoxy) is 1. The molecule has 0 radical (unpaired) electrons. The van der Waals surface area contributed by atoms with Crippen molar-refractivity contribution in [2.75, 3.05) is 7.11 Å². The number of rotatable bonds is 4. The minimum atomic E-state index is 0.305. The van der Waals surface area contributed by atoms with E-state index >= 15 is 0 Å². The maximum absolute atomic E-state index is 10.8. The standard InChI is InChI=1S/C14H16N2O2/c1-10(2)16-8-12(7-15-16)13-6-11(9-17)4-5-14(13)18-3/h4-10H,1-3H3. The number of hydrogen-bond acceptors (Lipinski definition) is 3. The quantitative estimate of drug-likeness (QED) is 0.777. The van der Waals surface area contributed by atoms with Gasteiger partial charge in [-0.3, -0.25) is 9.48 Å². The van der Waals surface area contributed by atoms with Crippen LogP contribution in [0.4, 0.5) is 0 Å². The van der Waals surface area contributed by atoms with Crippen molar-refractivity contribution in [3.63, 3.8) is 0 Å². The van der Waals surface area contributed by atoms with E-state index in [1.165, 1.54) is 0 Å². The number of benzene rings is 1. The highest BCUT2D eigenvalue weighted by Crippen LogP contribution is 2.30. The van der Waals surface area contributed by atoms with Crippen molar-refractivity contribution < 1.29 is 9.53 Å². The number of hydrogen-bond donors (Lipinski definition) is 0. The lowest BCUT2D eigenvalue weighted by Gasteiger charge is -2.07. The summed E-state index contributed by atoms with van der Waals surface area (Å²) in [7, 11) is 1.62. The van der Waals surface area contributed by atoms with Gasteiger partial charge in [-0.1, -0.05) is 0 Å². The third kappa shape index (κ3) is 2.27. The summed E-state index contributed by atoms with van der Waals surface area (Å²) in [6.45, 7) is 4.13. The van der Waals surface area contributed by atoms with Crippen LogP contribution in [0, 0.1) is 0 Å². The van der Waals surface area contributed by atoms with Crippen LogP contribution in [-0.2, 0) is 0 Å². The summed E-state index contributed by atoms with van der Waals surface area (Å²) in [5.74, 6) is 0.740. The molecule has 0 aliphatic heterocycles. The van der Waals surface area contributed by atoms with Gasteiger partial charge in [0.1, 0.15) is 12.0 Å². The van der Waals surface area contributed by atoms with Crippen molar-refractivity contribution in [1.29, 1.82) is 0 Å². The molecule has 1 aromatic heterocycles. The van der Waals surface area contributed by atoms with Gasteiger partial charge in [0.15, 0.2) is 0 Å². The SMILES string of the molecule is COc1ccc(C=O)cc1-c1cnn(C(C)C)c1. The van der Waals surface area contributed by atoms with E-state index in [2.05, 4.69) is 18.9 Å². The molecule has 0 N–H and O–H groups in total. The average molecular weight is 244 g/mol. The molecule has 94 valence electrons. The summed E-state index contributed by atoms with van der Waals surface area (Å²) in [5, 5.41) is 4.30. The van der Waals surface area contributed by atoms with Crippen LogP contribution in [0.25, 0.3) is 11.1 Å². The van der Waals surface area contributed by atoms with Gasteiger partial charge in [0.05, 0.1) is 13.3 Å². The van der Waals surface area contributed by atoms with Gasteiger partial charge in [0, 0.05) is 28.9 Å². The highest BCUT2D eigenvalue weighted by molar-refractivity contribution is 5.81. The first kappa shape index (κ1) is 12.4. The molecule has 0 atom stereocenters. The lowest BCUT2D eigenvalue weighted by Crippen LogP contribution is -1.99. The maximum atomic E-state index is 10.8. The van der Waals surface area contributed by atoms with Gasteiger partial charge in [-0.05, 0) is 32.0 Å². The topological polar surface area (TPSA) is 44.1 Å². The van der Waals surface area contributed by atoms with Crippen LogP contribution >= 0.6 is 0 Å².